The molecule has 0 bridgehead atoms. The Morgan fingerprint density at radius 2 is 2.22 bits per heavy atom. The molecule has 1 aliphatic rings. The number of rotatable bonds is 1. The number of hydrogen-bond donors (Lipinski definition) is 1. The van der Waals surface area contributed by atoms with Crippen LogP contribution in [0, 0.1) is 5.41 Å². The molecular formula is C8H17N. The van der Waals surface area contributed by atoms with Crippen LogP contribution in [0.5, 0.6) is 0 Å². The molecule has 0 aromatic rings. The van der Waals surface area contributed by atoms with Crippen LogP contribution in [0.1, 0.15) is 34.5 Å². The maximum atomic E-state index is 7.14. The number of piperidine rings is 1. The molecule has 1 rings (SSSR count). The van der Waals surface area contributed by atoms with E-state index in [4.69, 9.17) is 1.37 Å². The Labute approximate surface area is 59.2 Å². The van der Waals surface area contributed by atoms with Gasteiger partial charge in [0.05, 0.1) is 0 Å². The Kier molecular flexibility index (Phi) is 1.71. The summed E-state index contributed by atoms with van der Waals surface area (Å²) >= 11 is 0. The Balaban J connectivity index is 2.32. The second kappa shape index (κ2) is 2.70. The molecule has 1 nitrogen and oxygen atoms in total. The summed E-state index contributed by atoms with van der Waals surface area (Å²) in [5.74, 6) is 0. The first-order valence-corrected chi connectivity index (χ1v) is 3.77. The fourth-order valence-corrected chi connectivity index (χ4v) is 1.28. The van der Waals surface area contributed by atoms with Crippen LogP contribution in [-0.4, -0.2) is 13.1 Å². The largest absolute Gasteiger partial charge is 0.317 e. The van der Waals surface area contributed by atoms with Gasteiger partial charge in [-0.25, -0.2) is 0 Å². The molecule has 0 saturated carbocycles. The third-order valence-electron chi connectivity index (χ3n) is 2.41. The third-order valence-corrected chi connectivity index (χ3v) is 2.41. The van der Waals surface area contributed by atoms with Crippen LogP contribution >= 0.6 is 0 Å². The van der Waals surface area contributed by atoms with E-state index in [-0.39, 0.29) is 0 Å². The van der Waals surface area contributed by atoms with Gasteiger partial charge in [-0.1, -0.05) is 20.2 Å². The molecule has 9 heavy (non-hydrogen) atoms. The second-order valence-corrected chi connectivity index (χ2v) is 3.31. The lowest BCUT2D eigenvalue weighted by molar-refractivity contribution is 0.221. The number of nitrogens with one attached hydrogen (secondary N) is 1. The summed E-state index contributed by atoms with van der Waals surface area (Å²) < 4.78 is 7.14. The van der Waals surface area contributed by atoms with E-state index in [1.807, 2.05) is 0 Å². The van der Waals surface area contributed by atoms with Crippen molar-refractivity contribution in [3.05, 3.63) is 0 Å². The molecule has 1 saturated heterocycles. The van der Waals surface area contributed by atoms with Crippen LogP contribution in [0.15, 0.2) is 0 Å². The van der Waals surface area contributed by atoms with Crippen LogP contribution in [0.25, 0.3) is 0 Å². The van der Waals surface area contributed by atoms with E-state index >= 15 is 0 Å². The summed E-state index contributed by atoms with van der Waals surface area (Å²) in [6.45, 7) is 5.20. The quantitative estimate of drug-likeness (QED) is 0.567. The highest BCUT2D eigenvalue weighted by Crippen LogP contribution is 2.30. The highest BCUT2D eigenvalue weighted by atomic mass is 14.9. The summed E-state index contributed by atoms with van der Waals surface area (Å²) in [6, 6.07) is 0. The van der Waals surface area contributed by atoms with Crippen molar-refractivity contribution in [3.8, 4) is 0 Å². The monoisotopic (exact) mass is 128 g/mol. The maximum Gasteiger partial charge on any atom is 0.0231 e. The fourth-order valence-electron chi connectivity index (χ4n) is 1.28. The minimum Gasteiger partial charge on any atom is -0.317 e. The van der Waals surface area contributed by atoms with Crippen LogP contribution < -0.4 is 5.32 Å². The van der Waals surface area contributed by atoms with Gasteiger partial charge in [0.1, 0.15) is 0 Å². The molecule has 0 radical (unpaired) electrons. The van der Waals surface area contributed by atoms with Gasteiger partial charge in [0.15, 0.2) is 0 Å². The van der Waals surface area contributed by atoms with Gasteiger partial charge in [-0.2, -0.15) is 0 Å². The number of hydrogen-bond acceptors (Lipinski definition) is 1. The zero-order valence-electron chi connectivity index (χ0n) is 7.24. The Morgan fingerprint density at radius 1 is 1.56 bits per heavy atom. The Morgan fingerprint density at radius 3 is 2.78 bits per heavy atom. The second-order valence-electron chi connectivity index (χ2n) is 3.31. The smallest absolute Gasteiger partial charge is 0.0231 e. The molecule has 1 fully saturated rings. The first-order valence-electron chi connectivity index (χ1n) is 4.47. The average molecular weight is 128 g/mol. The molecule has 0 atom stereocenters. The van der Waals surface area contributed by atoms with Crippen LogP contribution in [-0.2, 0) is 0 Å². The summed E-state index contributed by atoms with van der Waals surface area (Å²) in [6.07, 6.45) is 3.59. The standard InChI is InChI=1S/C8H17N/c1-3-8(2)4-6-9-7-5-8/h9H,3-7H2,1-2H3/i1D. The molecule has 1 N–H and O–H groups in total. The topological polar surface area (TPSA) is 12.0 Å². The summed E-state index contributed by atoms with van der Waals surface area (Å²) in [5, 5.41) is 3.34. The first-order chi connectivity index (χ1) is 4.77. The molecule has 0 aliphatic carbocycles. The Bertz CT molecular complexity index is 91.9. The van der Waals surface area contributed by atoms with E-state index in [9.17, 15) is 0 Å². The van der Waals surface area contributed by atoms with Crippen molar-refractivity contribution in [1.82, 2.24) is 5.32 Å². The highest BCUT2D eigenvalue weighted by molar-refractivity contribution is 4.78. The highest BCUT2D eigenvalue weighted by Gasteiger charge is 2.23. The van der Waals surface area contributed by atoms with Crippen molar-refractivity contribution < 1.29 is 1.37 Å². The van der Waals surface area contributed by atoms with E-state index in [1.54, 1.807) is 0 Å². The van der Waals surface area contributed by atoms with Crippen molar-refractivity contribution in [1.29, 1.82) is 0 Å². The van der Waals surface area contributed by atoms with E-state index in [0.717, 1.165) is 19.5 Å². The zero-order chi connectivity index (χ0) is 7.45. The van der Waals surface area contributed by atoms with Gasteiger partial charge < -0.3 is 5.32 Å². The van der Waals surface area contributed by atoms with Gasteiger partial charge in [-0.3, -0.25) is 0 Å². The lowest BCUT2D eigenvalue weighted by Crippen LogP contribution is -2.34. The summed E-state index contributed by atoms with van der Waals surface area (Å²) in [7, 11) is 0. The van der Waals surface area contributed by atoms with Gasteiger partial charge in [0.2, 0.25) is 0 Å². The van der Waals surface area contributed by atoms with Crippen LogP contribution in [0.2, 0.25) is 0 Å². The van der Waals surface area contributed by atoms with E-state index in [2.05, 4.69) is 12.2 Å². The van der Waals surface area contributed by atoms with Gasteiger partial charge >= 0.3 is 0 Å². The lowest BCUT2D eigenvalue weighted by Gasteiger charge is -2.32. The van der Waals surface area contributed by atoms with E-state index in [0.29, 0.717) is 12.3 Å². The molecule has 0 spiro atoms. The van der Waals surface area contributed by atoms with Gasteiger partial charge in [0, 0.05) is 1.37 Å². The minimum absolute atomic E-state index is 0.479. The molecule has 1 aliphatic heterocycles. The molecule has 54 valence electrons. The molecule has 0 unspecified atom stereocenters. The van der Waals surface area contributed by atoms with Crippen LogP contribution in [0.3, 0.4) is 0 Å². The molecule has 1 heteroatoms. The molecule has 0 aromatic heterocycles. The van der Waals surface area contributed by atoms with Crippen molar-refractivity contribution in [3.63, 3.8) is 0 Å². The predicted octanol–water partition coefficient (Wildman–Crippen LogP) is 1.79. The minimum atomic E-state index is 0.479. The molecular weight excluding hydrogens is 110 g/mol. The van der Waals surface area contributed by atoms with Gasteiger partial charge in [0.25, 0.3) is 0 Å². The first kappa shape index (κ1) is 5.72. The van der Waals surface area contributed by atoms with Gasteiger partial charge in [-0.05, 0) is 31.3 Å². The van der Waals surface area contributed by atoms with Crippen molar-refractivity contribution in [2.75, 3.05) is 13.1 Å². The predicted molar refractivity (Wildman–Crippen MR) is 40.5 cm³/mol. The van der Waals surface area contributed by atoms with Crippen molar-refractivity contribution in [2.45, 2.75) is 33.1 Å². The summed E-state index contributed by atoms with van der Waals surface area (Å²) in [5.41, 5.74) is 0.479. The van der Waals surface area contributed by atoms with Crippen molar-refractivity contribution >= 4 is 0 Å². The lowest BCUT2D eigenvalue weighted by atomic mass is 9.79. The normalized spacial score (nSPS) is 27.4. The summed E-state index contributed by atoms with van der Waals surface area (Å²) in [4.78, 5) is 0. The van der Waals surface area contributed by atoms with Gasteiger partial charge in [-0.15, -0.1) is 0 Å². The third kappa shape index (κ3) is 1.68. The van der Waals surface area contributed by atoms with Crippen molar-refractivity contribution in [2.24, 2.45) is 5.41 Å². The average Bonchev–Trinajstić information content (AvgIpc) is 1.89. The molecule has 1 heterocycles. The zero-order valence-corrected chi connectivity index (χ0v) is 6.24. The Hall–Kier alpha value is -0.0400. The maximum absolute atomic E-state index is 7.14. The fraction of sp³-hybridized carbons (Fsp3) is 1.00. The van der Waals surface area contributed by atoms with E-state index < -0.39 is 0 Å². The molecule has 0 aromatic carbocycles. The molecule has 0 amide bonds. The van der Waals surface area contributed by atoms with E-state index in [1.165, 1.54) is 12.8 Å². The SMILES string of the molecule is [2H]CCC1(C)CCNCC1. The van der Waals surface area contributed by atoms with Crippen LogP contribution in [0.4, 0.5) is 0 Å².